The molecule has 2 saturated heterocycles. The summed E-state index contributed by atoms with van der Waals surface area (Å²) in [6.07, 6.45) is 2.45. The van der Waals surface area contributed by atoms with Gasteiger partial charge in [0.25, 0.3) is 0 Å². The van der Waals surface area contributed by atoms with Crippen molar-refractivity contribution in [3.63, 3.8) is 0 Å². The maximum absolute atomic E-state index is 12.5. The molecule has 98 valence electrons. The number of halogens is 1. The van der Waals surface area contributed by atoms with Crippen LogP contribution < -0.4 is 0 Å². The Morgan fingerprint density at radius 3 is 3.06 bits per heavy atom. The summed E-state index contributed by atoms with van der Waals surface area (Å²) in [5.74, 6) is 0.196. The van der Waals surface area contributed by atoms with E-state index in [4.69, 9.17) is 21.1 Å². The van der Waals surface area contributed by atoms with Crippen molar-refractivity contribution >= 4 is 28.7 Å². The zero-order valence-electron chi connectivity index (χ0n) is 9.99. The molecule has 2 unspecified atom stereocenters. The summed E-state index contributed by atoms with van der Waals surface area (Å²) in [4.78, 5) is 13.1. The standard InChI is InChI=1S/C13H15ClO3S/c14-10-2-6-18-12(10)11(15)9-1-4-17-13(7-9)3-5-16-8-13/h2,6,9H,1,3-5,7-8H2. The van der Waals surface area contributed by atoms with Gasteiger partial charge in [0.2, 0.25) is 0 Å². The Labute approximate surface area is 115 Å². The molecule has 0 aliphatic carbocycles. The third kappa shape index (κ3) is 2.23. The molecular weight excluding hydrogens is 272 g/mol. The first-order valence-corrected chi connectivity index (χ1v) is 7.45. The van der Waals surface area contributed by atoms with Gasteiger partial charge in [0.15, 0.2) is 5.78 Å². The second-order valence-electron chi connectivity index (χ2n) is 4.99. The van der Waals surface area contributed by atoms with Crippen LogP contribution in [0.5, 0.6) is 0 Å². The molecule has 0 aromatic carbocycles. The van der Waals surface area contributed by atoms with Gasteiger partial charge in [-0.25, -0.2) is 0 Å². The first kappa shape index (κ1) is 12.6. The number of carbonyl (C=O) groups is 1. The summed E-state index contributed by atoms with van der Waals surface area (Å²) >= 11 is 7.47. The van der Waals surface area contributed by atoms with E-state index in [1.165, 1.54) is 11.3 Å². The lowest BCUT2D eigenvalue weighted by molar-refractivity contribution is -0.0920. The Bertz CT molecular complexity index is 451. The van der Waals surface area contributed by atoms with Crippen LogP contribution in [0.3, 0.4) is 0 Å². The summed E-state index contributed by atoms with van der Waals surface area (Å²) in [5, 5.41) is 2.44. The molecule has 0 radical (unpaired) electrons. The number of ketones is 1. The molecule has 0 amide bonds. The van der Waals surface area contributed by atoms with E-state index < -0.39 is 0 Å². The van der Waals surface area contributed by atoms with Gasteiger partial charge in [-0.3, -0.25) is 4.79 Å². The molecule has 0 saturated carbocycles. The summed E-state index contributed by atoms with van der Waals surface area (Å²) in [5.41, 5.74) is -0.220. The maximum Gasteiger partial charge on any atom is 0.177 e. The van der Waals surface area contributed by atoms with Crippen LogP contribution in [0.4, 0.5) is 0 Å². The smallest absolute Gasteiger partial charge is 0.177 e. The van der Waals surface area contributed by atoms with Crippen LogP contribution in [0.2, 0.25) is 5.02 Å². The highest BCUT2D eigenvalue weighted by Crippen LogP contribution is 2.38. The zero-order valence-corrected chi connectivity index (χ0v) is 11.6. The Morgan fingerprint density at radius 2 is 2.39 bits per heavy atom. The normalized spacial score (nSPS) is 31.9. The van der Waals surface area contributed by atoms with E-state index >= 15 is 0 Å². The predicted octanol–water partition coefficient (Wildman–Crippen LogP) is 3.17. The minimum Gasteiger partial charge on any atom is -0.378 e. The largest absolute Gasteiger partial charge is 0.378 e. The quantitative estimate of drug-likeness (QED) is 0.784. The van der Waals surface area contributed by atoms with Crippen molar-refractivity contribution in [3.8, 4) is 0 Å². The van der Waals surface area contributed by atoms with Gasteiger partial charge >= 0.3 is 0 Å². The highest BCUT2D eigenvalue weighted by molar-refractivity contribution is 7.12. The summed E-state index contributed by atoms with van der Waals surface area (Å²) in [7, 11) is 0. The van der Waals surface area contributed by atoms with Crippen LogP contribution in [0.15, 0.2) is 11.4 Å². The molecular formula is C13H15ClO3S. The van der Waals surface area contributed by atoms with Gasteiger partial charge in [0, 0.05) is 25.6 Å². The number of thiophene rings is 1. The average molecular weight is 287 g/mol. The van der Waals surface area contributed by atoms with Crippen LogP contribution in [-0.2, 0) is 9.47 Å². The number of rotatable bonds is 2. The lowest BCUT2D eigenvalue weighted by Crippen LogP contribution is -2.42. The fourth-order valence-corrected chi connectivity index (χ4v) is 3.94. The van der Waals surface area contributed by atoms with Gasteiger partial charge in [0.05, 0.1) is 22.1 Å². The average Bonchev–Trinajstić information content (AvgIpc) is 2.98. The van der Waals surface area contributed by atoms with Crippen LogP contribution in [0.25, 0.3) is 0 Å². The molecule has 3 rings (SSSR count). The maximum atomic E-state index is 12.5. The molecule has 2 aliphatic rings. The van der Waals surface area contributed by atoms with Crippen molar-refractivity contribution in [1.29, 1.82) is 0 Å². The fraction of sp³-hybridized carbons (Fsp3) is 0.615. The van der Waals surface area contributed by atoms with Crippen LogP contribution in [-0.4, -0.2) is 31.2 Å². The van der Waals surface area contributed by atoms with E-state index in [1.807, 2.05) is 5.38 Å². The van der Waals surface area contributed by atoms with Crippen LogP contribution >= 0.6 is 22.9 Å². The summed E-state index contributed by atoms with van der Waals surface area (Å²) in [6.45, 7) is 2.00. The Kier molecular flexibility index (Phi) is 3.45. The molecule has 5 heteroatoms. The van der Waals surface area contributed by atoms with E-state index in [-0.39, 0.29) is 17.3 Å². The van der Waals surface area contributed by atoms with Gasteiger partial charge in [-0.15, -0.1) is 11.3 Å². The first-order chi connectivity index (χ1) is 8.70. The molecule has 3 nitrogen and oxygen atoms in total. The Hall–Kier alpha value is -0.420. The van der Waals surface area contributed by atoms with Crippen LogP contribution in [0, 0.1) is 5.92 Å². The van der Waals surface area contributed by atoms with E-state index in [0.717, 1.165) is 25.9 Å². The molecule has 2 fully saturated rings. The zero-order chi connectivity index (χ0) is 12.6. The lowest BCUT2D eigenvalue weighted by atomic mass is 9.82. The molecule has 1 aromatic rings. The SMILES string of the molecule is O=C(c1sccc1Cl)C1CCOC2(CCOC2)C1. The molecule has 0 bridgehead atoms. The molecule has 2 atom stereocenters. The van der Waals surface area contributed by atoms with Gasteiger partial charge < -0.3 is 9.47 Å². The topological polar surface area (TPSA) is 35.5 Å². The number of carbonyl (C=O) groups excluding carboxylic acids is 1. The highest BCUT2D eigenvalue weighted by Gasteiger charge is 2.43. The molecule has 0 N–H and O–H groups in total. The first-order valence-electron chi connectivity index (χ1n) is 6.19. The third-order valence-electron chi connectivity index (χ3n) is 3.77. The second-order valence-corrected chi connectivity index (χ2v) is 6.31. The van der Waals surface area contributed by atoms with E-state index in [1.54, 1.807) is 6.07 Å². The molecule has 1 aromatic heterocycles. The monoisotopic (exact) mass is 286 g/mol. The minimum atomic E-state index is -0.220. The van der Waals surface area contributed by atoms with Crippen molar-refractivity contribution in [2.75, 3.05) is 19.8 Å². The van der Waals surface area contributed by atoms with E-state index in [0.29, 0.717) is 23.1 Å². The Balaban J connectivity index is 1.76. The van der Waals surface area contributed by atoms with Gasteiger partial charge in [0.1, 0.15) is 0 Å². The van der Waals surface area contributed by atoms with Crippen molar-refractivity contribution in [1.82, 2.24) is 0 Å². The van der Waals surface area contributed by atoms with Crippen molar-refractivity contribution in [2.24, 2.45) is 5.92 Å². The minimum absolute atomic E-state index is 0.0246. The predicted molar refractivity (Wildman–Crippen MR) is 70.5 cm³/mol. The fourth-order valence-electron chi connectivity index (χ4n) is 2.77. The Morgan fingerprint density at radius 1 is 1.50 bits per heavy atom. The van der Waals surface area contributed by atoms with E-state index in [2.05, 4.69) is 0 Å². The number of hydrogen-bond acceptors (Lipinski definition) is 4. The summed E-state index contributed by atoms with van der Waals surface area (Å²) < 4.78 is 11.3. The van der Waals surface area contributed by atoms with Crippen molar-refractivity contribution in [2.45, 2.75) is 24.9 Å². The number of Topliss-reactive ketones (excluding diaryl/α,β-unsaturated/α-hetero) is 1. The molecule has 2 aliphatic heterocycles. The highest BCUT2D eigenvalue weighted by atomic mass is 35.5. The van der Waals surface area contributed by atoms with Gasteiger partial charge in [-0.1, -0.05) is 11.6 Å². The van der Waals surface area contributed by atoms with Gasteiger partial charge in [-0.05, 0) is 24.3 Å². The number of ether oxygens (including phenoxy) is 2. The molecule has 3 heterocycles. The molecule has 18 heavy (non-hydrogen) atoms. The third-order valence-corrected chi connectivity index (χ3v) is 5.13. The summed E-state index contributed by atoms with van der Waals surface area (Å²) in [6, 6.07) is 1.78. The lowest BCUT2D eigenvalue weighted by Gasteiger charge is -2.36. The second kappa shape index (κ2) is 4.93. The van der Waals surface area contributed by atoms with Gasteiger partial charge in [-0.2, -0.15) is 0 Å². The number of hydrogen-bond donors (Lipinski definition) is 0. The van der Waals surface area contributed by atoms with Crippen molar-refractivity contribution < 1.29 is 14.3 Å². The van der Waals surface area contributed by atoms with Crippen LogP contribution in [0.1, 0.15) is 28.9 Å². The van der Waals surface area contributed by atoms with Crippen molar-refractivity contribution in [3.05, 3.63) is 21.3 Å². The van der Waals surface area contributed by atoms with E-state index in [9.17, 15) is 4.79 Å². The molecule has 1 spiro atoms.